The van der Waals surface area contributed by atoms with Crippen LogP contribution in [0.3, 0.4) is 0 Å². The second kappa shape index (κ2) is 8.24. The van der Waals surface area contributed by atoms with Crippen molar-refractivity contribution in [2.75, 3.05) is 5.32 Å². The first-order valence-electron chi connectivity index (χ1n) is 9.74. The zero-order valence-electron chi connectivity index (χ0n) is 16.9. The maximum absolute atomic E-state index is 12.9. The number of hydrogen-bond acceptors (Lipinski definition) is 2. The number of rotatable bonds is 6. The lowest BCUT2D eigenvalue weighted by Crippen LogP contribution is -2.19. The van der Waals surface area contributed by atoms with Gasteiger partial charge in [0.2, 0.25) is 5.91 Å². The molecule has 0 aliphatic rings. The summed E-state index contributed by atoms with van der Waals surface area (Å²) in [7, 11) is 3.46. The average Bonchev–Trinajstić information content (AvgIpc) is 3.31. The van der Waals surface area contributed by atoms with Crippen molar-refractivity contribution in [3.8, 4) is 0 Å². The molecular weight excluding hydrogens is 400 g/mol. The van der Waals surface area contributed by atoms with Crippen LogP contribution >= 0.6 is 11.6 Å². The molecule has 0 saturated carbocycles. The Hall–Kier alpha value is -3.25. The van der Waals surface area contributed by atoms with Crippen LogP contribution in [0.4, 0.5) is 5.69 Å². The summed E-state index contributed by atoms with van der Waals surface area (Å²) >= 11 is 6.04. The number of nitrogens with zero attached hydrogens (tertiary/aromatic N) is 3. The number of anilines is 1. The Morgan fingerprint density at radius 2 is 1.67 bits per heavy atom. The Morgan fingerprint density at radius 3 is 2.37 bits per heavy atom. The molecule has 0 bridgehead atoms. The van der Waals surface area contributed by atoms with E-state index in [1.54, 1.807) is 23.2 Å². The van der Waals surface area contributed by atoms with Gasteiger partial charge >= 0.3 is 5.69 Å². The number of aryl methyl sites for hydroxylation is 2. The van der Waals surface area contributed by atoms with Gasteiger partial charge in [0, 0.05) is 56.1 Å². The topological polar surface area (TPSA) is 61.0 Å². The summed E-state index contributed by atoms with van der Waals surface area (Å²) in [5, 5.41) is 3.65. The maximum Gasteiger partial charge on any atom is 0.328 e. The third-order valence-corrected chi connectivity index (χ3v) is 5.68. The first-order chi connectivity index (χ1) is 14.4. The Kier molecular flexibility index (Phi) is 5.50. The number of fused-ring (bicyclic) bond motifs is 1. The zero-order chi connectivity index (χ0) is 21.3. The number of halogens is 1. The van der Waals surface area contributed by atoms with Crippen LogP contribution < -0.4 is 11.0 Å². The number of carbonyl (C=O) groups is 1. The van der Waals surface area contributed by atoms with E-state index in [4.69, 9.17) is 11.6 Å². The van der Waals surface area contributed by atoms with Crippen LogP contribution in [-0.2, 0) is 25.4 Å². The maximum atomic E-state index is 12.9. The number of carbonyl (C=O) groups excluding carboxylic acids is 1. The Bertz CT molecular complexity index is 1240. The molecule has 2 aromatic carbocycles. The summed E-state index contributed by atoms with van der Waals surface area (Å²) in [5.41, 5.74) is 3.24. The predicted molar refractivity (Wildman–Crippen MR) is 120 cm³/mol. The molecule has 0 spiro atoms. The fourth-order valence-electron chi connectivity index (χ4n) is 3.79. The number of benzene rings is 2. The Labute approximate surface area is 179 Å². The second-order valence-electron chi connectivity index (χ2n) is 7.48. The van der Waals surface area contributed by atoms with E-state index in [0.717, 1.165) is 16.6 Å². The van der Waals surface area contributed by atoms with Gasteiger partial charge in [0.05, 0.1) is 11.0 Å². The molecule has 7 heteroatoms. The number of amides is 1. The molecule has 1 N–H and O–H groups in total. The minimum atomic E-state index is -0.0944. The van der Waals surface area contributed by atoms with E-state index in [2.05, 4.69) is 9.88 Å². The van der Waals surface area contributed by atoms with E-state index in [9.17, 15) is 9.59 Å². The molecule has 154 valence electrons. The fraction of sp³-hybridized carbons (Fsp3) is 0.217. The molecule has 1 atom stereocenters. The van der Waals surface area contributed by atoms with Crippen molar-refractivity contribution < 1.29 is 4.79 Å². The summed E-state index contributed by atoms with van der Waals surface area (Å²) in [6, 6.07) is 17.1. The smallest absolute Gasteiger partial charge is 0.328 e. The van der Waals surface area contributed by atoms with Crippen LogP contribution in [0.5, 0.6) is 0 Å². The van der Waals surface area contributed by atoms with Gasteiger partial charge in [-0.15, -0.1) is 0 Å². The highest BCUT2D eigenvalue weighted by atomic mass is 35.5. The molecule has 30 heavy (non-hydrogen) atoms. The van der Waals surface area contributed by atoms with Gasteiger partial charge in [0.25, 0.3) is 0 Å². The fourth-order valence-corrected chi connectivity index (χ4v) is 3.92. The van der Waals surface area contributed by atoms with Gasteiger partial charge in [-0.05, 0) is 48.0 Å². The van der Waals surface area contributed by atoms with Gasteiger partial charge in [-0.2, -0.15) is 0 Å². The van der Waals surface area contributed by atoms with Gasteiger partial charge in [0.1, 0.15) is 0 Å². The van der Waals surface area contributed by atoms with E-state index in [-0.39, 0.29) is 17.5 Å². The highest BCUT2D eigenvalue weighted by Gasteiger charge is 2.18. The van der Waals surface area contributed by atoms with Crippen LogP contribution in [0.2, 0.25) is 5.02 Å². The van der Waals surface area contributed by atoms with E-state index in [1.165, 1.54) is 0 Å². The van der Waals surface area contributed by atoms with Crippen LogP contribution in [0.25, 0.3) is 11.0 Å². The van der Waals surface area contributed by atoms with Crippen molar-refractivity contribution in [1.29, 1.82) is 0 Å². The minimum absolute atomic E-state index is 0.000483. The van der Waals surface area contributed by atoms with Crippen molar-refractivity contribution in [2.24, 2.45) is 14.1 Å². The average molecular weight is 423 g/mol. The van der Waals surface area contributed by atoms with Crippen molar-refractivity contribution in [3.05, 3.63) is 88.1 Å². The molecule has 0 radical (unpaired) electrons. The van der Waals surface area contributed by atoms with Gasteiger partial charge in [-0.3, -0.25) is 13.9 Å². The molecule has 0 unspecified atom stereocenters. The van der Waals surface area contributed by atoms with Crippen LogP contribution in [0.15, 0.2) is 71.8 Å². The molecule has 0 fully saturated rings. The third kappa shape index (κ3) is 4.04. The van der Waals surface area contributed by atoms with E-state index in [0.29, 0.717) is 23.7 Å². The van der Waals surface area contributed by atoms with Gasteiger partial charge < -0.3 is 9.88 Å². The quantitative estimate of drug-likeness (QED) is 0.507. The lowest BCUT2D eigenvalue weighted by Gasteiger charge is -2.18. The Balaban J connectivity index is 1.55. The normalized spacial score (nSPS) is 12.2. The summed E-state index contributed by atoms with van der Waals surface area (Å²) in [6.45, 7) is 0.689. The number of hydrogen-bond donors (Lipinski definition) is 1. The predicted octanol–water partition coefficient (Wildman–Crippen LogP) is 4.14. The first-order valence-corrected chi connectivity index (χ1v) is 10.1. The standard InChI is InChI=1S/C23H23ClN4O2/c1-26-20-10-9-19(14-21(20)27(2)23(26)30)25-22(29)13-17(15-28-11-3-4-12-28)16-5-7-18(24)8-6-16/h3-12,14,17H,13,15H2,1-2H3,(H,25,29)/t17-/m1/s1. The molecule has 4 rings (SSSR count). The zero-order valence-corrected chi connectivity index (χ0v) is 17.6. The summed E-state index contributed by atoms with van der Waals surface area (Å²) in [6.07, 6.45) is 4.31. The molecule has 1 amide bonds. The Morgan fingerprint density at radius 1 is 1.00 bits per heavy atom. The van der Waals surface area contributed by atoms with E-state index in [1.807, 2.05) is 67.0 Å². The van der Waals surface area contributed by atoms with Gasteiger partial charge in [-0.1, -0.05) is 23.7 Å². The lowest BCUT2D eigenvalue weighted by atomic mass is 9.95. The number of nitrogens with one attached hydrogen (secondary N) is 1. The molecule has 0 saturated heterocycles. The molecule has 2 heterocycles. The van der Waals surface area contributed by atoms with Crippen molar-refractivity contribution in [3.63, 3.8) is 0 Å². The summed E-state index contributed by atoms with van der Waals surface area (Å²) < 4.78 is 5.24. The van der Waals surface area contributed by atoms with Crippen LogP contribution in [0.1, 0.15) is 17.9 Å². The summed E-state index contributed by atoms with van der Waals surface area (Å²) in [5.74, 6) is -0.0816. The van der Waals surface area contributed by atoms with E-state index >= 15 is 0 Å². The van der Waals surface area contributed by atoms with Crippen molar-refractivity contribution >= 4 is 34.2 Å². The lowest BCUT2D eigenvalue weighted by molar-refractivity contribution is -0.116. The van der Waals surface area contributed by atoms with E-state index < -0.39 is 0 Å². The highest BCUT2D eigenvalue weighted by molar-refractivity contribution is 6.30. The molecule has 0 aliphatic carbocycles. The van der Waals surface area contributed by atoms with Crippen molar-refractivity contribution in [2.45, 2.75) is 18.9 Å². The molecule has 2 aromatic heterocycles. The summed E-state index contributed by atoms with van der Waals surface area (Å²) in [4.78, 5) is 25.0. The van der Waals surface area contributed by atoms with Gasteiger partial charge in [-0.25, -0.2) is 4.79 Å². The molecule has 4 aromatic rings. The van der Waals surface area contributed by atoms with Gasteiger partial charge in [0.15, 0.2) is 0 Å². The van der Waals surface area contributed by atoms with Crippen LogP contribution in [0, 0.1) is 0 Å². The minimum Gasteiger partial charge on any atom is -0.354 e. The molecule has 0 aliphatic heterocycles. The second-order valence-corrected chi connectivity index (χ2v) is 7.92. The highest BCUT2D eigenvalue weighted by Crippen LogP contribution is 2.25. The number of imidazole rings is 1. The van der Waals surface area contributed by atoms with Crippen molar-refractivity contribution in [1.82, 2.24) is 13.7 Å². The monoisotopic (exact) mass is 422 g/mol. The largest absolute Gasteiger partial charge is 0.354 e. The number of aromatic nitrogens is 3. The third-order valence-electron chi connectivity index (χ3n) is 5.43. The SMILES string of the molecule is Cn1c(=O)n(C)c2cc(NC(=O)C[C@H](Cn3cccc3)c3ccc(Cl)cc3)ccc21. The van der Waals surface area contributed by atoms with Crippen LogP contribution in [-0.4, -0.2) is 19.6 Å². The molecule has 6 nitrogen and oxygen atoms in total. The first kappa shape index (κ1) is 20.0. The molecular formula is C23H23ClN4O2.